The van der Waals surface area contributed by atoms with Crippen LogP contribution in [-0.2, 0) is 24.6 Å². The van der Waals surface area contributed by atoms with Crippen molar-refractivity contribution in [2.45, 2.75) is 24.2 Å². The van der Waals surface area contributed by atoms with E-state index in [-0.39, 0.29) is 41.0 Å². The number of aromatic nitrogens is 1. The molecule has 6 aromatic rings. The number of benzene rings is 5. The Kier molecular flexibility index (Phi) is 9.19. The molecule has 12 nitrogen and oxygen atoms in total. The Balaban J connectivity index is 1.09. The molecule has 14 heteroatoms. The minimum Gasteiger partial charge on any atom is -0.504 e. The van der Waals surface area contributed by atoms with E-state index in [2.05, 4.69) is 10.4 Å². The summed E-state index contributed by atoms with van der Waals surface area (Å²) in [5, 5.41) is 12.8. The zero-order chi connectivity index (χ0) is 42.3. The lowest BCUT2D eigenvalue weighted by atomic mass is 9.49. The number of anilines is 2. The number of halogens is 2. The Hall–Kier alpha value is -6.63. The van der Waals surface area contributed by atoms with Crippen molar-refractivity contribution in [1.29, 1.82) is 0 Å². The Labute approximate surface area is 359 Å². The number of carbonyl (C=O) groups is 4. The quantitative estimate of drug-likeness (QED) is 0.112. The molecule has 2 N–H and O–H groups in total. The molecule has 1 saturated carbocycles. The van der Waals surface area contributed by atoms with Gasteiger partial charge in [0.05, 0.1) is 53.8 Å². The highest BCUT2D eigenvalue weighted by molar-refractivity contribution is 6.36. The lowest BCUT2D eigenvalue weighted by Crippen LogP contribution is -2.53. The maximum atomic E-state index is 15.5. The van der Waals surface area contributed by atoms with Gasteiger partial charge in [-0.1, -0.05) is 65.2 Å². The van der Waals surface area contributed by atoms with Gasteiger partial charge >= 0.3 is 0 Å². The first kappa shape index (κ1) is 38.6. The van der Waals surface area contributed by atoms with Gasteiger partial charge in [-0.3, -0.25) is 29.5 Å². The molecule has 61 heavy (non-hydrogen) atoms. The molecule has 3 heterocycles. The first-order valence-electron chi connectivity index (χ1n) is 19.7. The molecule has 0 spiro atoms. The van der Waals surface area contributed by atoms with E-state index in [1.54, 1.807) is 72.8 Å². The van der Waals surface area contributed by atoms with Crippen LogP contribution in [0.2, 0.25) is 10.0 Å². The highest BCUT2D eigenvalue weighted by Gasteiger charge is 2.70. The zero-order valence-electron chi connectivity index (χ0n) is 32.7. The van der Waals surface area contributed by atoms with Crippen molar-refractivity contribution in [3.05, 3.63) is 142 Å². The van der Waals surface area contributed by atoms with Gasteiger partial charge in [0.25, 0.3) is 11.8 Å². The van der Waals surface area contributed by atoms with Crippen molar-refractivity contribution in [1.82, 2.24) is 9.99 Å². The van der Waals surface area contributed by atoms with Crippen LogP contribution in [-0.4, -0.2) is 52.9 Å². The number of carbonyl (C=O) groups excluding carboxylic acids is 4. The Morgan fingerprint density at radius 2 is 1.61 bits per heavy atom. The fourth-order valence-corrected chi connectivity index (χ4v) is 10.6. The third-order valence-corrected chi connectivity index (χ3v) is 13.3. The summed E-state index contributed by atoms with van der Waals surface area (Å²) >= 11 is 12.8. The lowest BCUT2D eigenvalue weighted by Gasteiger charge is -2.50. The molecular formula is C47H36Cl2N4O8. The van der Waals surface area contributed by atoms with Crippen LogP contribution in [0.5, 0.6) is 17.2 Å². The number of methoxy groups -OCH3 is 2. The maximum Gasteiger partial charge on any atom is 0.260 e. The largest absolute Gasteiger partial charge is 0.504 e. The summed E-state index contributed by atoms with van der Waals surface area (Å²) in [6, 6.07) is 31.0. The van der Waals surface area contributed by atoms with E-state index in [4.69, 9.17) is 37.1 Å². The second-order valence-corrected chi connectivity index (χ2v) is 16.5. The molecule has 306 valence electrons. The molecule has 0 radical (unpaired) electrons. The number of para-hydroxylation sites is 2. The summed E-state index contributed by atoms with van der Waals surface area (Å²) in [6.07, 6.45) is 2.23. The summed E-state index contributed by atoms with van der Waals surface area (Å²) in [7, 11) is 2.97. The van der Waals surface area contributed by atoms with Crippen LogP contribution in [0.25, 0.3) is 22.6 Å². The van der Waals surface area contributed by atoms with Crippen LogP contribution in [0.4, 0.5) is 11.4 Å². The molecule has 6 atom stereocenters. The van der Waals surface area contributed by atoms with Gasteiger partial charge in [0.1, 0.15) is 11.3 Å². The van der Waals surface area contributed by atoms with Crippen molar-refractivity contribution in [3.8, 4) is 28.7 Å². The van der Waals surface area contributed by atoms with E-state index < -0.39 is 52.7 Å². The fraction of sp³-hybridized carbons (Fsp3) is 0.213. The topological polar surface area (TPSA) is 152 Å². The van der Waals surface area contributed by atoms with E-state index >= 15 is 9.59 Å². The molecule has 4 amide bonds. The monoisotopic (exact) mass is 854 g/mol. The van der Waals surface area contributed by atoms with Gasteiger partial charge < -0.3 is 19.0 Å². The van der Waals surface area contributed by atoms with Crippen LogP contribution in [0.1, 0.15) is 29.9 Å². The summed E-state index contributed by atoms with van der Waals surface area (Å²) in [5.74, 6) is -4.99. The SMILES string of the molecule is COc1ccc([C@@]23C(=O)N(Nc4ccc(Cl)cc4Cl)C(=O)[C@@H]2C[C@@H]2C(=CC[C@@H]4C(=O)N(c5ccc(-c6nc7ccccc7o6)cc5)C(=O)[C@@H]42)[C@@H]3c2ccc(OC)c(O)c2)cc1. The van der Waals surface area contributed by atoms with Crippen LogP contribution >= 0.6 is 23.2 Å². The zero-order valence-corrected chi connectivity index (χ0v) is 34.2. The number of fused-ring (bicyclic) bond motifs is 5. The average molecular weight is 856 g/mol. The minimum absolute atomic E-state index is 0.0677. The van der Waals surface area contributed by atoms with Crippen molar-refractivity contribution >= 4 is 69.3 Å². The number of hydrogen-bond donors (Lipinski definition) is 2. The summed E-state index contributed by atoms with van der Waals surface area (Å²) in [5.41, 5.74) is 5.86. The number of oxazole rings is 1. The predicted molar refractivity (Wildman–Crippen MR) is 227 cm³/mol. The van der Waals surface area contributed by atoms with Gasteiger partial charge in [-0.2, -0.15) is 5.01 Å². The van der Waals surface area contributed by atoms with Crippen molar-refractivity contribution in [2.75, 3.05) is 24.5 Å². The van der Waals surface area contributed by atoms with E-state index in [1.165, 1.54) is 31.3 Å². The molecule has 0 unspecified atom stereocenters. The van der Waals surface area contributed by atoms with Crippen molar-refractivity contribution < 1.29 is 38.2 Å². The average Bonchev–Trinajstić information content (AvgIpc) is 3.89. The summed E-state index contributed by atoms with van der Waals surface area (Å²) < 4.78 is 16.8. The highest BCUT2D eigenvalue weighted by Crippen LogP contribution is 2.64. The van der Waals surface area contributed by atoms with Crippen molar-refractivity contribution in [3.63, 3.8) is 0 Å². The number of aromatic hydroxyl groups is 1. The summed E-state index contributed by atoms with van der Waals surface area (Å²) in [4.78, 5) is 65.7. The van der Waals surface area contributed by atoms with Crippen LogP contribution in [0.15, 0.2) is 125 Å². The van der Waals surface area contributed by atoms with E-state index in [9.17, 15) is 14.7 Å². The molecule has 5 aromatic carbocycles. The molecule has 1 aromatic heterocycles. The van der Waals surface area contributed by atoms with Crippen LogP contribution in [0, 0.1) is 23.7 Å². The third-order valence-electron chi connectivity index (χ3n) is 12.8. The van der Waals surface area contributed by atoms with Gasteiger partial charge in [0, 0.05) is 16.5 Å². The van der Waals surface area contributed by atoms with Gasteiger partial charge in [-0.05, 0) is 109 Å². The molecule has 2 aliphatic carbocycles. The molecule has 2 saturated heterocycles. The summed E-state index contributed by atoms with van der Waals surface area (Å²) in [6.45, 7) is 0. The minimum atomic E-state index is -1.60. The number of hydrogen-bond acceptors (Lipinski definition) is 10. The smallest absolute Gasteiger partial charge is 0.260 e. The molecule has 10 rings (SSSR count). The van der Waals surface area contributed by atoms with E-state index in [0.717, 1.165) is 10.6 Å². The second-order valence-electron chi connectivity index (χ2n) is 15.7. The molecule has 3 fully saturated rings. The van der Waals surface area contributed by atoms with Crippen molar-refractivity contribution in [2.24, 2.45) is 23.7 Å². The van der Waals surface area contributed by atoms with Gasteiger partial charge in [-0.25, -0.2) is 4.98 Å². The number of phenolic OH excluding ortho intramolecular Hbond substituents is 1. The number of ether oxygens (including phenoxy) is 2. The Morgan fingerprint density at radius 3 is 2.31 bits per heavy atom. The van der Waals surface area contributed by atoms with Gasteiger partial charge in [-0.15, -0.1) is 0 Å². The number of hydrazine groups is 1. The molecule has 0 bridgehead atoms. The number of amides is 4. The van der Waals surface area contributed by atoms with E-state index in [1.807, 2.05) is 30.3 Å². The second kappa shape index (κ2) is 14.5. The number of allylic oxidation sites excluding steroid dienone is 2. The Bertz CT molecular complexity index is 2810. The third kappa shape index (κ3) is 5.83. The highest BCUT2D eigenvalue weighted by atomic mass is 35.5. The van der Waals surface area contributed by atoms with Gasteiger partial charge in [0.15, 0.2) is 17.1 Å². The molecule has 4 aliphatic rings. The van der Waals surface area contributed by atoms with Gasteiger partial charge in [0.2, 0.25) is 17.7 Å². The normalized spacial score (nSPS) is 24.4. The number of rotatable bonds is 8. The first-order valence-corrected chi connectivity index (χ1v) is 20.4. The van der Waals surface area contributed by atoms with Crippen LogP contribution < -0.4 is 19.8 Å². The van der Waals surface area contributed by atoms with E-state index in [0.29, 0.717) is 50.1 Å². The Morgan fingerprint density at radius 1 is 0.836 bits per heavy atom. The number of imide groups is 2. The number of phenols is 1. The lowest BCUT2D eigenvalue weighted by molar-refractivity contribution is -0.138. The number of nitrogens with zero attached hydrogens (tertiary/aromatic N) is 3. The first-order chi connectivity index (χ1) is 29.5. The predicted octanol–water partition coefficient (Wildman–Crippen LogP) is 8.71. The molecule has 2 aliphatic heterocycles. The molecular weight excluding hydrogens is 819 g/mol. The van der Waals surface area contributed by atoms with Crippen LogP contribution in [0.3, 0.4) is 0 Å². The fourth-order valence-electron chi connectivity index (χ4n) is 10.1. The standard InChI is InChI=1S/C47H36Cl2N4O8/c1-59-29-15-10-26(11-16-29)47-33(44(56)53(46(47)58)51-35-19-12-27(48)22-34(35)49)23-32-30(41(47)25-9-20-39(60-2)37(54)21-25)17-18-31-40(32)45(57)52(43(31)55)28-13-7-24(8-14-28)42-50-36-5-3-4-6-38(36)61-42/h3-17,19-22,31-33,40-41,51,54H,18,23H2,1-2H3/t31-,32+,33-,40-,41-,47+/m0/s1. The number of nitrogens with one attached hydrogen (secondary N) is 1. The maximum absolute atomic E-state index is 15.5.